The van der Waals surface area contributed by atoms with Gasteiger partial charge in [-0.15, -0.1) is 0 Å². The molecule has 0 bridgehead atoms. The molecule has 0 amide bonds. The number of hydroxylamine groups is 2. The summed E-state index contributed by atoms with van der Waals surface area (Å²) in [5, 5.41) is 1.83. The minimum absolute atomic E-state index is 0.0649. The molecule has 0 saturated carbocycles. The van der Waals surface area contributed by atoms with Crippen molar-refractivity contribution >= 4 is 11.6 Å². The van der Waals surface area contributed by atoms with Crippen molar-refractivity contribution in [1.29, 1.82) is 0 Å². The first kappa shape index (κ1) is 17.9. The lowest BCUT2D eigenvalue weighted by Crippen LogP contribution is -2.21. The molecule has 1 aliphatic rings. The summed E-state index contributed by atoms with van der Waals surface area (Å²) in [6.45, 7) is 0. The molecule has 0 aliphatic carbocycles. The van der Waals surface area contributed by atoms with Gasteiger partial charge in [-0.2, -0.15) is 18.2 Å². The third-order valence-corrected chi connectivity index (χ3v) is 3.92. The second-order valence-corrected chi connectivity index (χ2v) is 5.78. The van der Waals surface area contributed by atoms with Crippen molar-refractivity contribution in [3.8, 4) is 11.6 Å². The lowest BCUT2D eigenvalue weighted by Gasteiger charge is -2.14. The standard InChI is InChI=1S/C16H14ClF3N2O3/c1-22(23-2)15-14(25-15)11-8-21-13(7-12(11)16(18,19)20)24-10-5-3-9(17)4-6-10/h3-8,14-15H,1-2H3. The largest absolute Gasteiger partial charge is 0.439 e. The van der Waals surface area contributed by atoms with E-state index in [4.69, 9.17) is 25.9 Å². The number of rotatable bonds is 5. The Bertz CT molecular complexity index is 755. The number of hydrogen-bond acceptors (Lipinski definition) is 5. The van der Waals surface area contributed by atoms with Crippen molar-refractivity contribution in [2.45, 2.75) is 18.5 Å². The third-order valence-electron chi connectivity index (χ3n) is 3.67. The van der Waals surface area contributed by atoms with E-state index in [2.05, 4.69) is 4.98 Å². The van der Waals surface area contributed by atoms with Gasteiger partial charge in [-0.05, 0) is 24.3 Å². The van der Waals surface area contributed by atoms with E-state index >= 15 is 0 Å². The lowest BCUT2D eigenvalue weighted by molar-refractivity contribution is -0.139. The Hall–Kier alpha value is -1.87. The fraction of sp³-hybridized carbons (Fsp3) is 0.312. The molecule has 0 N–H and O–H groups in total. The molecule has 2 atom stereocenters. The second kappa shape index (κ2) is 6.80. The minimum atomic E-state index is -4.57. The zero-order valence-electron chi connectivity index (χ0n) is 13.2. The number of ether oxygens (including phenoxy) is 2. The van der Waals surface area contributed by atoms with Gasteiger partial charge in [0.25, 0.3) is 0 Å². The predicted octanol–water partition coefficient (Wildman–Crippen LogP) is 4.44. The Balaban J connectivity index is 1.87. The molecular formula is C16H14ClF3N2O3. The van der Waals surface area contributed by atoms with Gasteiger partial charge in [-0.25, -0.2) is 4.98 Å². The summed E-state index contributed by atoms with van der Waals surface area (Å²) in [6.07, 6.45) is -4.81. The number of hydrogen-bond donors (Lipinski definition) is 0. The van der Waals surface area contributed by atoms with Crippen molar-refractivity contribution in [2.24, 2.45) is 0 Å². The number of likely N-dealkylation sites (N-methyl/N-ethyl adjacent to an activating group) is 1. The maximum absolute atomic E-state index is 13.4. The van der Waals surface area contributed by atoms with Gasteiger partial charge < -0.3 is 9.47 Å². The highest BCUT2D eigenvalue weighted by Gasteiger charge is 2.49. The van der Waals surface area contributed by atoms with E-state index in [0.717, 1.165) is 12.3 Å². The van der Waals surface area contributed by atoms with Crippen molar-refractivity contribution in [3.63, 3.8) is 0 Å². The summed E-state index contributed by atoms with van der Waals surface area (Å²) in [6, 6.07) is 7.07. The van der Waals surface area contributed by atoms with Crippen LogP contribution >= 0.6 is 11.6 Å². The van der Waals surface area contributed by atoms with Crippen LogP contribution in [0.25, 0.3) is 0 Å². The Labute approximate surface area is 146 Å². The van der Waals surface area contributed by atoms with Crippen molar-refractivity contribution in [1.82, 2.24) is 10.0 Å². The molecule has 1 fully saturated rings. The Morgan fingerprint density at radius 1 is 1.24 bits per heavy atom. The van der Waals surface area contributed by atoms with Crippen LogP contribution in [0.15, 0.2) is 36.5 Å². The van der Waals surface area contributed by atoms with Crippen LogP contribution in [0.5, 0.6) is 11.6 Å². The fourth-order valence-electron chi connectivity index (χ4n) is 2.31. The molecule has 2 aromatic rings. The minimum Gasteiger partial charge on any atom is -0.439 e. The van der Waals surface area contributed by atoms with E-state index in [1.165, 1.54) is 12.2 Å². The van der Waals surface area contributed by atoms with Gasteiger partial charge in [-0.3, -0.25) is 4.84 Å². The normalized spacial score (nSPS) is 20.0. The highest BCUT2D eigenvalue weighted by molar-refractivity contribution is 6.30. The molecular weight excluding hydrogens is 361 g/mol. The average molecular weight is 375 g/mol. The zero-order valence-corrected chi connectivity index (χ0v) is 14.0. The zero-order chi connectivity index (χ0) is 18.2. The maximum Gasteiger partial charge on any atom is 0.417 e. The highest BCUT2D eigenvalue weighted by atomic mass is 35.5. The van der Waals surface area contributed by atoms with Crippen molar-refractivity contribution < 1.29 is 27.5 Å². The topological polar surface area (TPSA) is 47.1 Å². The summed E-state index contributed by atoms with van der Waals surface area (Å²) in [5.41, 5.74) is -0.923. The van der Waals surface area contributed by atoms with Gasteiger partial charge in [0.05, 0.1) is 12.7 Å². The maximum atomic E-state index is 13.4. The molecule has 1 aromatic heterocycles. The Kier molecular flexibility index (Phi) is 4.88. The lowest BCUT2D eigenvalue weighted by atomic mass is 10.1. The van der Waals surface area contributed by atoms with Gasteiger partial charge in [0.15, 0.2) is 6.23 Å². The number of epoxide rings is 1. The smallest absolute Gasteiger partial charge is 0.417 e. The molecule has 1 aromatic carbocycles. The molecule has 1 aliphatic heterocycles. The summed E-state index contributed by atoms with van der Waals surface area (Å²) in [5.74, 6) is 0.160. The van der Waals surface area contributed by atoms with Crippen LogP contribution in [0, 0.1) is 0 Å². The fourth-order valence-corrected chi connectivity index (χ4v) is 2.44. The van der Waals surface area contributed by atoms with E-state index in [1.54, 1.807) is 31.3 Å². The number of halogens is 4. The predicted molar refractivity (Wildman–Crippen MR) is 83.2 cm³/mol. The molecule has 25 heavy (non-hydrogen) atoms. The van der Waals surface area contributed by atoms with Crippen LogP contribution in [0.4, 0.5) is 13.2 Å². The Morgan fingerprint density at radius 3 is 2.52 bits per heavy atom. The SMILES string of the molecule is CON(C)C1OC1c1cnc(Oc2ccc(Cl)cc2)cc1C(F)(F)F. The molecule has 0 spiro atoms. The number of aromatic nitrogens is 1. The van der Waals surface area contributed by atoms with E-state index in [-0.39, 0.29) is 11.4 Å². The molecule has 1 saturated heterocycles. The molecule has 2 heterocycles. The molecule has 9 heteroatoms. The number of pyridine rings is 1. The summed E-state index contributed by atoms with van der Waals surface area (Å²) < 4.78 is 50.9. The molecule has 134 valence electrons. The number of benzene rings is 1. The van der Waals surface area contributed by atoms with Crippen LogP contribution < -0.4 is 4.74 Å². The van der Waals surface area contributed by atoms with Gasteiger partial charge >= 0.3 is 6.18 Å². The van der Waals surface area contributed by atoms with Crippen LogP contribution in [0.2, 0.25) is 5.02 Å². The van der Waals surface area contributed by atoms with Crippen molar-refractivity contribution in [2.75, 3.05) is 14.2 Å². The van der Waals surface area contributed by atoms with Crippen LogP contribution in [0.3, 0.4) is 0 Å². The van der Waals surface area contributed by atoms with Gasteiger partial charge in [0.2, 0.25) is 5.88 Å². The number of nitrogens with zero attached hydrogens (tertiary/aromatic N) is 2. The highest BCUT2D eigenvalue weighted by Crippen LogP contribution is 2.46. The van der Waals surface area contributed by atoms with Gasteiger partial charge in [0.1, 0.15) is 11.9 Å². The quantitative estimate of drug-likeness (QED) is 0.572. The molecule has 2 unspecified atom stereocenters. The first-order valence-electron chi connectivity index (χ1n) is 7.22. The van der Waals surface area contributed by atoms with Crippen LogP contribution in [-0.2, 0) is 15.8 Å². The Morgan fingerprint density at radius 2 is 1.92 bits per heavy atom. The first-order chi connectivity index (χ1) is 11.8. The average Bonchev–Trinajstić information content (AvgIpc) is 3.36. The van der Waals surface area contributed by atoms with Crippen LogP contribution in [0.1, 0.15) is 17.2 Å². The second-order valence-electron chi connectivity index (χ2n) is 5.34. The summed E-state index contributed by atoms with van der Waals surface area (Å²) in [7, 11) is 2.98. The third kappa shape index (κ3) is 4.04. The van der Waals surface area contributed by atoms with Crippen LogP contribution in [-0.4, -0.2) is 30.4 Å². The summed E-state index contributed by atoms with van der Waals surface area (Å²) in [4.78, 5) is 8.89. The summed E-state index contributed by atoms with van der Waals surface area (Å²) >= 11 is 5.77. The first-order valence-corrected chi connectivity index (χ1v) is 7.60. The molecule has 0 radical (unpaired) electrons. The van der Waals surface area contributed by atoms with Gasteiger partial charge in [-0.1, -0.05) is 11.6 Å². The molecule has 3 rings (SSSR count). The van der Waals surface area contributed by atoms with E-state index in [1.807, 2.05) is 0 Å². The van der Waals surface area contributed by atoms with E-state index in [0.29, 0.717) is 10.8 Å². The molecule has 5 nitrogen and oxygen atoms in total. The van der Waals surface area contributed by atoms with Crippen molar-refractivity contribution in [3.05, 3.63) is 52.7 Å². The van der Waals surface area contributed by atoms with E-state index in [9.17, 15) is 13.2 Å². The number of alkyl halides is 3. The van der Waals surface area contributed by atoms with E-state index < -0.39 is 24.1 Å². The van der Waals surface area contributed by atoms with Gasteiger partial charge in [0, 0.05) is 29.9 Å². The monoisotopic (exact) mass is 374 g/mol.